The highest BCUT2D eigenvalue weighted by molar-refractivity contribution is 7.09. The number of thiazole rings is 1. The number of rotatable bonds is 2. The average Bonchev–Trinajstić information content (AvgIpc) is 3.38. The van der Waals surface area contributed by atoms with Crippen molar-refractivity contribution in [2.45, 2.75) is 104 Å². The van der Waals surface area contributed by atoms with Crippen molar-refractivity contribution in [1.82, 2.24) is 4.98 Å². The molecule has 0 bridgehead atoms. The van der Waals surface area contributed by atoms with Crippen molar-refractivity contribution in [1.29, 1.82) is 0 Å². The van der Waals surface area contributed by atoms with Gasteiger partial charge in [0, 0.05) is 17.7 Å². The number of fused-ring (bicyclic) bond motifs is 1. The summed E-state index contributed by atoms with van der Waals surface area (Å²) in [6, 6.07) is 0. The van der Waals surface area contributed by atoms with Crippen LogP contribution in [0.15, 0.2) is 11.0 Å². The van der Waals surface area contributed by atoms with Crippen molar-refractivity contribution in [3.8, 4) is 0 Å². The van der Waals surface area contributed by atoms with Crippen LogP contribution in [-0.2, 0) is 19.1 Å². The lowest BCUT2D eigenvalue weighted by atomic mass is 9.73. The van der Waals surface area contributed by atoms with E-state index in [2.05, 4.69) is 4.98 Å². The molecule has 3 heterocycles. The second kappa shape index (κ2) is 11.0. The van der Waals surface area contributed by atoms with Gasteiger partial charge in [-0.25, -0.2) is 4.98 Å². The number of aryl methyl sites for hydroxylation is 1. The van der Waals surface area contributed by atoms with Gasteiger partial charge in [0.1, 0.15) is 11.9 Å². The molecule has 0 amide bonds. The Morgan fingerprint density at radius 1 is 1.21 bits per heavy atom. The second-order valence-corrected chi connectivity index (χ2v) is 11.7. The summed E-state index contributed by atoms with van der Waals surface area (Å²) in [5.41, 5.74) is 0.494. The van der Waals surface area contributed by atoms with E-state index in [4.69, 9.17) is 9.47 Å². The second-order valence-electron chi connectivity index (χ2n) is 10.6. The van der Waals surface area contributed by atoms with Crippen molar-refractivity contribution in [3.63, 3.8) is 0 Å². The molecule has 0 unspecified atom stereocenters. The van der Waals surface area contributed by atoms with Crippen LogP contribution in [0.4, 0.5) is 0 Å². The van der Waals surface area contributed by atoms with Crippen LogP contribution in [0.2, 0.25) is 0 Å². The molecule has 7 atom stereocenters. The van der Waals surface area contributed by atoms with Gasteiger partial charge >= 0.3 is 5.97 Å². The molecular weight excluding hydrogens is 454 g/mol. The number of hydrogen-bond donors (Lipinski definition) is 2. The first-order valence-corrected chi connectivity index (χ1v) is 13.1. The molecule has 0 aliphatic carbocycles. The largest absolute Gasteiger partial charge is 0.458 e. The molecule has 34 heavy (non-hydrogen) atoms. The lowest BCUT2D eigenvalue weighted by Crippen LogP contribution is -2.45. The molecule has 0 spiro atoms. The summed E-state index contributed by atoms with van der Waals surface area (Å²) in [6.45, 7) is 10.8. The van der Waals surface area contributed by atoms with E-state index in [0.717, 1.165) is 35.5 Å². The summed E-state index contributed by atoms with van der Waals surface area (Å²) in [7, 11) is 0. The van der Waals surface area contributed by atoms with Gasteiger partial charge in [-0.15, -0.1) is 11.3 Å². The number of esters is 1. The molecule has 0 radical (unpaired) electrons. The third kappa shape index (κ3) is 6.53. The zero-order valence-electron chi connectivity index (χ0n) is 21.1. The predicted octanol–water partition coefficient (Wildman–Crippen LogP) is 4.09. The first kappa shape index (κ1) is 27.0. The predicted molar refractivity (Wildman–Crippen MR) is 131 cm³/mol. The fourth-order valence-electron chi connectivity index (χ4n) is 4.78. The Morgan fingerprint density at radius 3 is 2.56 bits per heavy atom. The van der Waals surface area contributed by atoms with Crippen LogP contribution >= 0.6 is 11.3 Å². The highest BCUT2D eigenvalue weighted by Crippen LogP contribution is 2.36. The van der Waals surface area contributed by atoms with E-state index in [-0.39, 0.29) is 30.3 Å². The number of aromatic nitrogens is 1. The number of ketones is 1. The molecule has 3 rings (SSSR count). The Labute approximate surface area is 206 Å². The number of ether oxygens (including phenoxy) is 2. The number of aliphatic hydroxyl groups is 2. The number of epoxide rings is 1. The normalized spacial score (nSPS) is 36.0. The van der Waals surface area contributed by atoms with Gasteiger partial charge in [-0.2, -0.15) is 0 Å². The Hall–Kier alpha value is -1.61. The molecule has 2 fully saturated rings. The van der Waals surface area contributed by atoms with Crippen molar-refractivity contribution in [3.05, 3.63) is 21.7 Å². The first-order chi connectivity index (χ1) is 15.9. The number of hydrogen-bond acceptors (Lipinski definition) is 8. The van der Waals surface area contributed by atoms with Crippen molar-refractivity contribution in [2.24, 2.45) is 17.3 Å². The molecule has 0 aromatic carbocycles. The molecular formula is C26H39NO6S. The van der Waals surface area contributed by atoms with E-state index in [1.54, 1.807) is 32.1 Å². The van der Waals surface area contributed by atoms with Gasteiger partial charge in [0.25, 0.3) is 0 Å². The van der Waals surface area contributed by atoms with Crippen LogP contribution in [0, 0.1) is 24.2 Å². The number of carbonyl (C=O) groups excluding carboxylic acids is 2. The van der Waals surface area contributed by atoms with Gasteiger partial charge in [-0.3, -0.25) is 9.59 Å². The Balaban J connectivity index is 1.81. The summed E-state index contributed by atoms with van der Waals surface area (Å²) in [6.07, 6.45) is 2.28. The minimum atomic E-state index is -1.22. The Bertz CT molecular complexity index is 909. The standard InChI is InChI=1S/C26H39NO6S/c1-14-8-7-9-19-21(32-19)11-20(15(2)10-18-13-34-17(4)27-18)33-23(29)12-22(28)26(5,6)25(31)16(3)24(14)30/h10,13-14,16,19-22,24,28,30H,7-9,11-12H2,1-6H3/t14-,16+,19-,20-,21-,22-,24-/m0/s1. The highest BCUT2D eigenvalue weighted by Gasteiger charge is 2.44. The summed E-state index contributed by atoms with van der Waals surface area (Å²) >= 11 is 1.56. The van der Waals surface area contributed by atoms with Crippen LogP contribution in [0.1, 0.15) is 77.4 Å². The summed E-state index contributed by atoms with van der Waals surface area (Å²) in [5.74, 6) is -1.52. The lowest BCUT2D eigenvalue weighted by molar-refractivity contribution is -0.154. The third-order valence-corrected chi connectivity index (χ3v) is 8.20. The number of cyclic esters (lactones) is 1. The third-order valence-electron chi connectivity index (χ3n) is 7.41. The van der Waals surface area contributed by atoms with E-state index < -0.39 is 35.6 Å². The molecule has 7 nitrogen and oxygen atoms in total. The van der Waals surface area contributed by atoms with Crippen molar-refractivity contribution in [2.75, 3.05) is 0 Å². The molecule has 1 aromatic heterocycles. The van der Waals surface area contributed by atoms with Gasteiger partial charge in [-0.05, 0) is 44.3 Å². The number of aliphatic hydroxyl groups excluding tert-OH is 2. The minimum Gasteiger partial charge on any atom is -0.458 e. The van der Waals surface area contributed by atoms with Crippen molar-refractivity contribution < 1.29 is 29.3 Å². The Morgan fingerprint density at radius 2 is 1.91 bits per heavy atom. The highest BCUT2D eigenvalue weighted by atomic mass is 32.1. The molecule has 2 N–H and O–H groups in total. The fourth-order valence-corrected chi connectivity index (χ4v) is 5.35. The molecule has 8 heteroatoms. The minimum absolute atomic E-state index is 0.00770. The fraction of sp³-hybridized carbons (Fsp3) is 0.731. The smallest absolute Gasteiger partial charge is 0.309 e. The molecule has 0 saturated carbocycles. The van der Waals surface area contributed by atoms with Crippen LogP contribution in [0.3, 0.4) is 0 Å². The average molecular weight is 494 g/mol. The lowest BCUT2D eigenvalue weighted by Gasteiger charge is -2.34. The number of nitrogens with zero attached hydrogens (tertiary/aromatic N) is 1. The number of carbonyl (C=O) groups is 2. The van der Waals surface area contributed by atoms with Gasteiger partial charge in [-0.1, -0.05) is 34.1 Å². The van der Waals surface area contributed by atoms with E-state index in [1.165, 1.54) is 0 Å². The van der Waals surface area contributed by atoms with E-state index in [0.29, 0.717) is 6.42 Å². The topological polar surface area (TPSA) is 109 Å². The van der Waals surface area contributed by atoms with Gasteiger partial charge in [0.05, 0.1) is 47.0 Å². The summed E-state index contributed by atoms with van der Waals surface area (Å²) in [4.78, 5) is 30.5. The summed E-state index contributed by atoms with van der Waals surface area (Å²) < 4.78 is 11.7. The SMILES string of the molecule is CC(=Cc1csc(C)n1)[C@@H]1C[C@@H]2O[C@H]2CCC[C@H](C)[C@H](O)[C@@H](C)C(=O)C(C)(C)[C@@H](O)CC(=O)O1. The van der Waals surface area contributed by atoms with Crippen LogP contribution < -0.4 is 0 Å². The zero-order chi connectivity index (χ0) is 25.2. The van der Waals surface area contributed by atoms with Gasteiger partial charge < -0.3 is 19.7 Å². The number of Topliss-reactive ketones (excluding diaryl/α,β-unsaturated/α-hetero) is 1. The summed E-state index contributed by atoms with van der Waals surface area (Å²) in [5, 5.41) is 24.5. The van der Waals surface area contributed by atoms with Crippen LogP contribution in [-0.4, -0.2) is 57.5 Å². The van der Waals surface area contributed by atoms with Crippen molar-refractivity contribution >= 4 is 29.2 Å². The maximum atomic E-state index is 13.2. The van der Waals surface area contributed by atoms with E-state index in [9.17, 15) is 19.8 Å². The maximum Gasteiger partial charge on any atom is 0.309 e. The first-order valence-electron chi connectivity index (χ1n) is 12.3. The molecule has 2 saturated heterocycles. The van der Waals surface area contributed by atoms with Gasteiger partial charge in [0.15, 0.2) is 0 Å². The van der Waals surface area contributed by atoms with Crippen LogP contribution in [0.25, 0.3) is 6.08 Å². The molecule has 2 aliphatic heterocycles. The van der Waals surface area contributed by atoms with Gasteiger partial charge in [0.2, 0.25) is 0 Å². The van der Waals surface area contributed by atoms with Crippen LogP contribution in [0.5, 0.6) is 0 Å². The maximum absolute atomic E-state index is 13.2. The molecule has 1 aromatic rings. The van der Waals surface area contributed by atoms with E-state index >= 15 is 0 Å². The quantitative estimate of drug-likeness (QED) is 0.472. The molecule has 2 aliphatic rings. The molecule has 190 valence electrons. The Kier molecular flexibility index (Phi) is 8.71. The monoisotopic (exact) mass is 493 g/mol. The zero-order valence-corrected chi connectivity index (χ0v) is 21.9. The van der Waals surface area contributed by atoms with E-state index in [1.807, 2.05) is 32.2 Å².